The summed E-state index contributed by atoms with van der Waals surface area (Å²) in [6.07, 6.45) is 3.40. The minimum atomic E-state index is -0.344. The smallest absolute Gasteiger partial charge is 0.185 e. The quantitative estimate of drug-likeness (QED) is 0.495. The van der Waals surface area contributed by atoms with E-state index in [1.807, 2.05) is 30.7 Å². The van der Waals surface area contributed by atoms with Gasteiger partial charge in [-0.25, -0.2) is 9.37 Å². The maximum Gasteiger partial charge on any atom is 0.185 e. The van der Waals surface area contributed by atoms with Crippen molar-refractivity contribution >= 4 is 16.9 Å². The molecule has 0 saturated heterocycles. The molecule has 0 saturated carbocycles. The molecule has 1 aliphatic heterocycles. The number of anilines is 1. The predicted octanol–water partition coefficient (Wildman–Crippen LogP) is 4.16. The van der Waals surface area contributed by atoms with E-state index in [2.05, 4.69) is 20.1 Å². The monoisotopic (exact) mass is 419 g/mol. The van der Waals surface area contributed by atoms with Crippen LogP contribution in [0.1, 0.15) is 6.92 Å². The van der Waals surface area contributed by atoms with E-state index in [-0.39, 0.29) is 5.82 Å². The molecule has 5 rings (SSSR count). The van der Waals surface area contributed by atoms with Gasteiger partial charge in [-0.05, 0) is 36.8 Å². The van der Waals surface area contributed by atoms with Gasteiger partial charge in [0.05, 0.1) is 31.9 Å². The highest BCUT2D eigenvalue weighted by molar-refractivity contribution is 5.91. The number of imidazole rings is 1. The number of ether oxygens (including phenoxy) is 2. The van der Waals surface area contributed by atoms with Crippen molar-refractivity contribution in [1.82, 2.24) is 19.7 Å². The minimum absolute atomic E-state index is 0.344. The van der Waals surface area contributed by atoms with Crippen molar-refractivity contribution in [3.05, 3.63) is 48.7 Å². The van der Waals surface area contributed by atoms with Crippen molar-refractivity contribution in [3.63, 3.8) is 0 Å². The second-order valence-electron chi connectivity index (χ2n) is 7.42. The van der Waals surface area contributed by atoms with E-state index in [9.17, 15) is 0 Å². The number of rotatable bonds is 4. The van der Waals surface area contributed by atoms with E-state index in [0.29, 0.717) is 34.9 Å². The van der Waals surface area contributed by atoms with Gasteiger partial charge in [-0.1, -0.05) is 6.07 Å². The third-order valence-corrected chi connectivity index (χ3v) is 5.69. The van der Waals surface area contributed by atoms with Crippen LogP contribution >= 0.6 is 0 Å². The number of halogens is 1. The molecule has 2 aromatic heterocycles. The van der Waals surface area contributed by atoms with Crippen LogP contribution in [0.3, 0.4) is 0 Å². The van der Waals surface area contributed by atoms with Crippen molar-refractivity contribution in [2.24, 2.45) is 0 Å². The molecule has 0 spiro atoms. The van der Waals surface area contributed by atoms with Crippen LogP contribution in [0, 0.1) is 5.82 Å². The van der Waals surface area contributed by atoms with Crippen LogP contribution in [0.2, 0.25) is 0 Å². The van der Waals surface area contributed by atoms with E-state index in [0.717, 1.165) is 35.4 Å². The number of benzene rings is 2. The molecule has 1 aliphatic rings. The number of fused-ring (bicyclic) bond motifs is 2. The number of nitrogens with zero attached hydrogens (tertiary/aromatic N) is 5. The summed E-state index contributed by atoms with van der Waals surface area (Å²) in [6.45, 7) is 4.10. The van der Waals surface area contributed by atoms with E-state index < -0.39 is 0 Å². The lowest BCUT2D eigenvalue weighted by atomic mass is 9.97. The zero-order chi connectivity index (χ0) is 21.5. The normalized spacial score (nSPS) is 13.2. The Balaban J connectivity index is 1.68. The molecule has 3 heterocycles. The number of likely N-dealkylation sites (N-methyl/N-ethyl adjacent to an activating group) is 1. The lowest BCUT2D eigenvalue weighted by Gasteiger charge is -2.29. The Bertz CT molecular complexity index is 1290. The summed E-state index contributed by atoms with van der Waals surface area (Å²) in [5, 5.41) is 8.35. The summed E-state index contributed by atoms with van der Waals surface area (Å²) in [6, 6.07) is 8.80. The zero-order valence-corrected chi connectivity index (χ0v) is 17.6. The maximum atomic E-state index is 15.0. The lowest BCUT2D eigenvalue weighted by Crippen LogP contribution is -2.29. The molecule has 31 heavy (non-hydrogen) atoms. The van der Waals surface area contributed by atoms with Crippen molar-refractivity contribution in [1.29, 1.82) is 0 Å². The molecule has 0 fully saturated rings. The van der Waals surface area contributed by atoms with Crippen LogP contribution in [0.15, 0.2) is 42.9 Å². The topological polar surface area (TPSA) is 65.3 Å². The lowest BCUT2D eigenvalue weighted by molar-refractivity contribution is 0.289. The number of hydrogen-bond acceptors (Lipinski definition) is 6. The zero-order valence-electron chi connectivity index (χ0n) is 17.6. The highest BCUT2D eigenvalue weighted by atomic mass is 19.1. The summed E-state index contributed by atoms with van der Waals surface area (Å²) in [7, 11) is 3.57. The molecule has 0 unspecified atom stereocenters. The second-order valence-corrected chi connectivity index (χ2v) is 7.42. The van der Waals surface area contributed by atoms with Crippen molar-refractivity contribution < 1.29 is 13.9 Å². The van der Waals surface area contributed by atoms with Gasteiger partial charge in [0.2, 0.25) is 0 Å². The molecule has 0 atom stereocenters. The van der Waals surface area contributed by atoms with Crippen LogP contribution in [-0.4, -0.2) is 47.1 Å². The Labute approximate surface area is 179 Å². The summed E-state index contributed by atoms with van der Waals surface area (Å²) in [4.78, 5) is 6.61. The van der Waals surface area contributed by atoms with E-state index in [1.165, 1.54) is 6.07 Å². The standard InChI is InChI=1S/C23H22FN5O2/c1-4-29-13-25-20-17(12-26-27-23(20)29)14-5-7-18(24)16(11-14)15-6-8-19-22(21(15)30-3)31-10-9-28(19)2/h5-8,11-13H,4,9-10H2,1-3H3. The fraction of sp³-hybridized carbons (Fsp3) is 0.261. The maximum absolute atomic E-state index is 15.0. The summed E-state index contributed by atoms with van der Waals surface area (Å²) in [5.41, 5.74) is 5.02. The van der Waals surface area contributed by atoms with E-state index >= 15 is 4.39 Å². The molecule has 0 radical (unpaired) electrons. The Hall–Kier alpha value is -3.68. The SMILES string of the molecule is CCn1cnc2c(-c3ccc(F)c(-c4ccc5c(c4OC)OCCN5C)c3)cnnc21. The van der Waals surface area contributed by atoms with Crippen LogP contribution < -0.4 is 14.4 Å². The second kappa shape index (κ2) is 7.54. The molecule has 2 aromatic carbocycles. The average molecular weight is 419 g/mol. The Morgan fingerprint density at radius 3 is 2.84 bits per heavy atom. The molecular weight excluding hydrogens is 397 g/mol. The van der Waals surface area contributed by atoms with Gasteiger partial charge in [-0.15, -0.1) is 5.10 Å². The first-order valence-electron chi connectivity index (χ1n) is 10.1. The first kappa shape index (κ1) is 19.3. The number of aryl methyl sites for hydroxylation is 1. The minimum Gasteiger partial charge on any atom is -0.492 e. The molecule has 0 bridgehead atoms. The van der Waals surface area contributed by atoms with Gasteiger partial charge < -0.3 is 18.9 Å². The third-order valence-electron chi connectivity index (χ3n) is 5.69. The highest BCUT2D eigenvalue weighted by Gasteiger charge is 2.24. The molecule has 8 heteroatoms. The molecule has 0 aliphatic carbocycles. The molecule has 0 amide bonds. The predicted molar refractivity (Wildman–Crippen MR) is 117 cm³/mol. The Morgan fingerprint density at radius 2 is 2.03 bits per heavy atom. The average Bonchev–Trinajstić information content (AvgIpc) is 3.22. The van der Waals surface area contributed by atoms with Gasteiger partial charge >= 0.3 is 0 Å². The summed E-state index contributed by atoms with van der Waals surface area (Å²) in [5.74, 6) is 0.810. The van der Waals surface area contributed by atoms with Crippen LogP contribution in [-0.2, 0) is 6.54 Å². The fourth-order valence-corrected chi connectivity index (χ4v) is 4.03. The Kier molecular flexibility index (Phi) is 4.69. The summed E-state index contributed by atoms with van der Waals surface area (Å²) < 4.78 is 28.5. The van der Waals surface area contributed by atoms with Crippen LogP contribution in [0.25, 0.3) is 33.4 Å². The first-order chi connectivity index (χ1) is 15.1. The number of aromatic nitrogens is 4. The van der Waals surface area contributed by atoms with Crippen LogP contribution in [0.5, 0.6) is 11.5 Å². The number of methoxy groups -OCH3 is 1. The Morgan fingerprint density at radius 1 is 1.16 bits per heavy atom. The highest BCUT2D eigenvalue weighted by Crippen LogP contribution is 2.46. The molecule has 7 nitrogen and oxygen atoms in total. The van der Waals surface area contributed by atoms with Gasteiger partial charge in [0.25, 0.3) is 0 Å². The van der Waals surface area contributed by atoms with Gasteiger partial charge in [-0.3, -0.25) is 0 Å². The fourth-order valence-electron chi connectivity index (χ4n) is 4.03. The third kappa shape index (κ3) is 3.06. The van der Waals surface area contributed by atoms with Gasteiger partial charge in [0, 0.05) is 30.3 Å². The van der Waals surface area contributed by atoms with Crippen molar-refractivity contribution in [2.75, 3.05) is 32.2 Å². The molecule has 4 aromatic rings. The molecular formula is C23H22FN5O2. The number of hydrogen-bond donors (Lipinski definition) is 0. The van der Waals surface area contributed by atoms with Gasteiger partial charge in [0.1, 0.15) is 17.9 Å². The molecule has 0 N–H and O–H groups in total. The van der Waals surface area contributed by atoms with E-state index in [4.69, 9.17) is 9.47 Å². The van der Waals surface area contributed by atoms with Crippen molar-refractivity contribution in [3.8, 4) is 33.8 Å². The van der Waals surface area contributed by atoms with Crippen molar-refractivity contribution in [2.45, 2.75) is 13.5 Å². The van der Waals surface area contributed by atoms with E-state index in [1.54, 1.807) is 31.8 Å². The van der Waals surface area contributed by atoms with Gasteiger partial charge in [0.15, 0.2) is 17.1 Å². The largest absolute Gasteiger partial charge is 0.492 e. The van der Waals surface area contributed by atoms with Crippen LogP contribution in [0.4, 0.5) is 10.1 Å². The molecule has 158 valence electrons. The van der Waals surface area contributed by atoms with Gasteiger partial charge in [-0.2, -0.15) is 5.10 Å². The first-order valence-corrected chi connectivity index (χ1v) is 10.1. The summed E-state index contributed by atoms with van der Waals surface area (Å²) >= 11 is 0.